The Kier molecular flexibility index (Phi) is 4.53. The van der Waals surface area contributed by atoms with Crippen LogP contribution < -0.4 is 0 Å². The first kappa shape index (κ1) is 14.0. The quantitative estimate of drug-likeness (QED) is 0.906. The molecule has 0 spiro atoms. The number of rotatable bonds is 4. The molecule has 1 aliphatic heterocycles. The first-order valence-electron chi connectivity index (χ1n) is 6.78. The molecule has 104 valence electrons. The Labute approximate surface area is 113 Å². The lowest BCUT2D eigenvalue weighted by molar-refractivity contribution is -0.131. The number of likely N-dealkylation sites (tertiary alicyclic amines) is 1. The molecule has 4 heteroatoms. The van der Waals surface area contributed by atoms with Gasteiger partial charge in [0.1, 0.15) is 5.82 Å². The Morgan fingerprint density at radius 2 is 2.16 bits per heavy atom. The van der Waals surface area contributed by atoms with Gasteiger partial charge in [-0.1, -0.05) is 12.1 Å². The minimum absolute atomic E-state index is 0.0646. The van der Waals surface area contributed by atoms with Crippen LogP contribution in [0.4, 0.5) is 4.39 Å². The molecule has 1 fully saturated rings. The summed E-state index contributed by atoms with van der Waals surface area (Å²) in [6.45, 7) is 2.51. The van der Waals surface area contributed by atoms with Crippen LogP contribution in [0, 0.1) is 5.82 Å². The zero-order valence-corrected chi connectivity index (χ0v) is 11.2. The van der Waals surface area contributed by atoms with Crippen molar-refractivity contribution in [2.24, 2.45) is 0 Å². The van der Waals surface area contributed by atoms with Gasteiger partial charge in [-0.3, -0.25) is 4.79 Å². The Hall–Kier alpha value is -1.42. The van der Waals surface area contributed by atoms with E-state index in [1.54, 1.807) is 19.1 Å². The Balaban J connectivity index is 1.97. The van der Waals surface area contributed by atoms with E-state index >= 15 is 0 Å². The molecule has 0 aromatic heterocycles. The predicted octanol–water partition coefficient (Wildman–Crippen LogP) is 2.13. The fraction of sp³-hybridized carbons (Fsp3) is 0.533. The van der Waals surface area contributed by atoms with Gasteiger partial charge in [0.15, 0.2) is 0 Å². The molecule has 0 radical (unpaired) electrons. The number of halogens is 1. The summed E-state index contributed by atoms with van der Waals surface area (Å²) in [7, 11) is 0. The number of aliphatic hydroxyl groups is 1. The summed E-state index contributed by atoms with van der Waals surface area (Å²) in [6, 6.07) is 6.19. The van der Waals surface area contributed by atoms with Gasteiger partial charge in [0, 0.05) is 12.6 Å². The number of aliphatic hydroxyl groups excluding tert-OH is 1. The number of benzene rings is 1. The van der Waals surface area contributed by atoms with E-state index in [0.717, 1.165) is 24.9 Å². The molecule has 1 heterocycles. The van der Waals surface area contributed by atoms with Crippen LogP contribution in [0.15, 0.2) is 24.3 Å². The average molecular weight is 265 g/mol. The molecule has 2 atom stereocenters. The number of carbonyl (C=O) groups is 1. The molecule has 2 rings (SSSR count). The van der Waals surface area contributed by atoms with Crippen LogP contribution in [-0.2, 0) is 11.2 Å². The van der Waals surface area contributed by atoms with Crippen molar-refractivity contribution in [3.63, 3.8) is 0 Å². The molecule has 1 saturated heterocycles. The second-order valence-electron chi connectivity index (χ2n) is 5.27. The zero-order valence-electron chi connectivity index (χ0n) is 11.2. The van der Waals surface area contributed by atoms with Crippen molar-refractivity contribution in [1.29, 1.82) is 0 Å². The lowest BCUT2D eigenvalue weighted by Crippen LogP contribution is -2.38. The van der Waals surface area contributed by atoms with E-state index in [1.165, 1.54) is 12.1 Å². The highest BCUT2D eigenvalue weighted by Gasteiger charge is 2.29. The van der Waals surface area contributed by atoms with E-state index < -0.39 is 0 Å². The lowest BCUT2D eigenvalue weighted by Gasteiger charge is -2.25. The molecule has 1 amide bonds. The summed E-state index contributed by atoms with van der Waals surface area (Å²) in [4.78, 5) is 14.1. The van der Waals surface area contributed by atoms with Crippen molar-refractivity contribution in [3.05, 3.63) is 35.6 Å². The first-order chi connectivity index (χ1) is 9.06. The Morgan fingerprint density at radius 3 is 2.79 bits per heavy atom. The van der Waals surface area contributed by atoms with Crippen LogP contribution in [0.3, 0.4) is 0 Å². The van der Waals surface area contributed by atoms with Crippen molar-refractivity contribution >= 4 is 5.91 Å². The number of amides is 1. The van der Waals surface area contributed by atoms with Crippen molar-refractivity contribution in [1.82, 2.24) is 4.90 Å². The summed E-state index contributed by atoms with van der Waals surface area (Å²) in [6.07, 6.45) is 2.50. The summed E-state index contributed by atoms with van der Waals surface area (Å²) < 4.78 is 12.8. The molecule has 19 heavy (non-hydrogen) atoms. The van der Waals surface area contributed by atoms with Crippen molar-refractivity contribution < 1.29 is 14.3 Å². The monoisotopic (exact) mass is 265 g/mol. The number of carbonyl (C=O) groups excluding carboxylic acids is 1. The number of hydrogen-bond donors (Lipinski definition) is 1. The standard InChI is InChI=1S/C15H20FNO2/c1-11(18)9-14-3-2-8-17(14)15(19)10-12-4-6-13(16)7-5-12/h4-7,11,14,18H,2-3,8-10H2,1H3. The van der Waals surface area contributed by atoms with E-state index in [-0.39, 0.29) is 23.9 Å². The molecular formula is C15H20FNO2. The molecular weight excluding hydrogens is 245 g/mol. The highest BCUT2D eigenvalue weighted by atomic mass is 19.1. The van der Waals surface area contributed by atoms with Crippen LogP contribution in [0.1, 0.15) is 31.7 Å². The second-order valence-corrected chi connectivity index (χ2v) is 5.27. The zero-order chi connectivity index (χ0) is 13.8. The van der Waals surface area contributed by atoms with Crippen LogP contribution in [0.5, 0.6) is 0 Å². The molecule has 3 nitrogen and oxygen atoms in total. The third-order valence-corrected chi connectivity index (χ3v) is 3.58. The number of nitrogens with zero attached hydrogens (tertiary/aromatic N) is 1. The lowest BCUT2D eigenvalue weighted by atomic mass is 10.1. The van der Waals surface area contributed by atoms with Gasteiger partial charge in [-0.2, -0.15) is 0 Å². The van der Waals surface area contributed by atoms with Gasteiger partial charge in [0.2, 0.25) is 5.91 Å². The van der Waals surface area contributed by atoms with Crippen LogP contribution in [0.2, 0.25) is 0 Å². The summed E-state index contributed by atoms with van der Waals surface area (Å²) in [5, 5.41) is 9.45. The van der Waals surface area contributed by atoms with Crippen LogP contribution in [-0.4, -0.2) is 34.6 Å². The molecule has 1 N–H and O–H groups in total. The highest BCUT2D eigenvalue weighted by Crippen LogP contribution is 2.22. The molecule has 0 aliphatic carbocycles. The van der Waals surface area contributed by atoms with Gasteiger partial charge in [-0.15, -0.1) is 0 Å². The third kappa shape index (κ3) is 3.77. The highest BCUT2D eigenvalue weighted by molar-refractivity contribution is 5.79. The molecule has 1 aromatic carbocycles. The van der Waals surface area contributed by atoms with Crippen molar-refractivity contribution in [2.45, 2.75) is 44.8 Å². The minimum atomic E-state index is -0.385. The van der Waals surface area contributed by atoms with Gasteiger partial charge < -0.3 is 10.0 Å². The molecule has 1 aromatic rings. The fourth-order valence-electron chi connectivity index (χ4n) is 2.68. The van der Waals surface area contributed by atoms with E-state index in [1.807, 2.05) is 4.90 Å². The Bertz CT molecular complexity index is 430. The molecule has 0 saturated carbocycles. The summed E-state index contributed by atoms with van der Waals surface area (Å²) in [5.41, 5.74) is 0.828. The second kappa shape index (κ2) is 6.15. The smallest absolute Gasteiger partial charge is 0.227 e. The molecule has 0 bridgehead atoms. The van der Waals surface area contributed by atoms with E-state index in [9.17, 15) is 14.3 Å². The number of hydrogen-bond acceptors (Lipinski definition) is 2. The van der Waals surface area contributed by atoms with E-state index in [0.29, 0.717) is 12.8 Å². The fourth-order valence-corrected chi connectivity index (χ4v) is 2.68. The van der Waals surface area contributed by atoms with Crippen LogP contribution >= 0.6 is 0 Å². The topological polar surface area (TPSA) is 40.5 Å². The maximum absolute atomic E-state index is 12.8. The van der Waals surface area contributed by atoms with E-state index in [4.69, 9.17) is 0 Å². The average Bonchev–Trinajstić information content (AvgIpc) is 2.79. The summed E-state index contributed by atoms with van der Waals surface area (Å²) in [5.74, 6) is -0.223. The van der Waals surface area contributed by atoms with E-state index in [2.05, 4.69) is 0 Å². The first-order valence-corrected chi connectivity index (χ1v) is 6.78. The van der Waals surface area contributed by atoms with Gasteiger partial charge >= 0.3 is 0 Å². The van der Waals surface area contributed by atoms with Gasteiger partial charge in [-0.05, 0) is 43.9 Å². The van der Waals surface area contributed by atoms with Crippen LogP contribution in [0.25, 0.3) is 0 Å². The Morgan fingerprint density at radius 1 is 1.47 bits per heavy atom. The SMILES string of the molecule is CC(O)CC1CCCN1C(=O)Cc1ccc(F)cc1. The normalized spacial score (nSPS) is 20.6. The van der Waals surface area contributed by atoms with Crippen molar-refractivity contribution in [2.75, 3.05) is 6.54 Å². The maximum atomic E-state index is 12.8. The largest absolute Gasteiger partial charge is 0.393 e. The molecule has 2 unspecified atom stereocenters. The summed E-state index contributed by atoms with van der Waals surface area (Å²) >= 11 is 0. The molecule has 1 aliphatic rings. The third-order valence-electron chi connectivity index (χ3n) is 3.58. The maximum Gasteiger partial charge on any atom is 0.227 e. The van der Waals surface area contributed by atoms with Gasteiger partial charge in [-0.25, -0.2) is 4.39 Å². The van der Waals surface area contributed by atoms with Crippen molar-refractivity contribution in [3.8, 4) is 0 Å². The van der Waals surface area contributed by atoms with Gasteiger partial charge in [0.25, 0.3) is 0 Å². The minimum Gasteiger partial charge on any atom is -0.393 e. The van der Waals surface area contributed by atoms with Gasteiger partial charge in [0.05, 0.1) is 12.5 Å². The predicted molar refractivity (Wildman–Crippen MR) is 71.1 cm³/mol.